The van der Waals surface area contributed by atoms with Crippen molar-refractivity contribution >= 4 is 17.3 Å². The van der Waals surface area contributed by atoms with Gasteiger partial charge in [0.1, 0.15) is 0 Å². The Morgan fingerprint density at radius 2 is 2.18 bits per heavy atom. The fourth-order valence-corrected chi connectivity index (χ4v) is 1.23. The molecule has 0 unspecified atom stereocenters. The first-order valence-corrected chi connectivity index (χ1v) is 4.24. The Balaban J connectivity index is 3.02. The molecule has 0 aliphatic heterocycles. The third-order valence-electron chi connectivity index (χ3n) is 1.76. The summed E-state index contributed by atoms with van der Waals surface area (Å²) in [5.41, 5.74) is 8.78. The fraction of sp³-hybridized carbons (Fsp3) is 0.333. The Morgan fingerprint density at radius 1 is 1.45 bits per heavy atom. The highest BCUT2D eigenvalue weighted by atomic mass is 35.5. The molecule has 0 aromatic heterocycles. The van der Waals surface area contributed by atoms with Crippen molar-refractivity contribution in [3.05, 3.63) is 29.3 Å². The van der Waals surface area contributed by atoms with Crippen LogP contribution in [-0.2, 0) is 12.3 Å². The quantitative estimate of drug-likeness (QED) is 0.535. The van der Waals surface area contributed by atoms with Crippen LogP contribution in [0.25, 0.3) is 0 Å². The number of hydrogen-bond acceptors (Lipinski definition) is 1. The van der Waals surface area contributed by atoms with E-state index in [4.69, 9.17) is 17.3 Å². The van der Waals surface area contributed by atoms with Gasteiger partial charge in [0.15, 0.2) is 0 Å². The average Bonchev–Trinajstić information content (AvgIpc) is 2.05. The maximum atomic E-state index is 5.68. The van der Waals surface area contributed by atoms with Crippen LogP contribution in [-0.4, -0.2) is 0 Å². The summed E-state index contributed by atoms with van der Waals surface area (Å²) in [4.78, 5) is 0. The normalized spacial score (nSPS) is 10.0. The number of nitrogens with two attached hydrogens (primary N) is 1. The molecule has 0 bridgehead atoms. The molecule has 0 saturated carbocycles. The van der Waals surface area contributed by atoms with Crippen molar-refractivity contribution in [3.63, 3.8) is 0 Å². The van der Waals surface area contributed by atoms with Gasteiger partial charge in [0, 0.05) is 11.6 Å². The van der Waals surface area contributed by atoms with E-state index in [9.17, 15) is 0 Å². The predicted molar refractivity (Wildman–Crippen MR) is 49.8 cm³/mol. The Morgan fingerprint density at radius 3 is 2.73 bits per heavy atom. The first kappa shape index (κ1) is 8.41. The van der Waals surface area contributed by atoms with Crippen LogP contribution in [0.1, 0.15) is 18.1 Å². The maximum Gasteiger partial charge on any atom is 0.0494 e. The van der Waals surface area contributed by atoms with Gasteiger partial charge in [-0.25, -0.2) is 0 Å². The molecule has 0 spiro atoms. The van der Waals surface area contributed by atoms with Crippen molar-refractivity contribution in [2.45, 2.75) is 19.2 Å². The van der Waals surface area contributed by atoms with E-state index in [1.54, 1.807) is 0 Å². The number of anilines is 1. The molecular formula is C9H12ClN. The van der Waals surface area contributed by atoms with Crippen molar-refractivity contribution in [3.8, 4) is 0 Å². The summed E-state index contributed by atoms with van der Waals surface area (Å²) in [6.45, 7) is 2.11. The smallest absolute Gasteiger partial charge is 0.0494 e. The van der Waals surface area contributed by atoms with E-state index in [2.05, 4.69) is 13.0 Å². The Kier molecular flexibility index (Phi) is 2.77. The third-order valence-corrected chi connectivity index (χ3v) is 2.05. The lowest BCUT2D eigenvalue weighted by Crippen LogP contribution is -1.93. The molecule has 0 fully saturated rings. The van der Waals surface area contributed by atoms with E-state index in [-0.39, 0.29) is 0 Å². The van der Waals surface area contributed by atoms with Crippen LogP contribution in [0.2, 0.25) is 0 Å². The monoisotopic (exact) mass is 169 g/mol. The van der Waals surface area contributed by atoms with Crippen LogP contribution in [0, 0.1) is 0 Å². The van der Waals surface area contributed by atoms with Crippen LogP contribution in [0.3, 0.4) is 0 Å². The second-order valence-corrected chi connectivity index (χ2v) is 2.79. The maximum absolute atomic E-state index is 5.68. The van der Waals surface area contributed by atoms with Gasteiger partial charge >= 0.3 is 0 Å². The molecule has 1 aromatic carbocycles. The van der Waals surface area contributed by atoms with E-state index in [0.29, 0.717) is 5.88 Å². The number of rotatable bonds is 2. The molecule has 1 aromatic rings. The van der Waals surface area contributed by atoms with Crippen LogP contribution in [0.5, 0.6) is 0 Å². The number of aryl methyl sites for hydroxylation is 1. The minimum absolute atomic E-state index is 0.500. The fourth-order valence-electron chi connectivity index (χ4n) is 0.995. The lowest BCUT2D eigenvalue weighted by molar-refractivity contribution is 1.13. The van der Waals surface area contributed by atoms with Gasteiger partial charge in [0.2, 0.25) is 0 Å². The summed E-state index contributed by atoms with van der Waals surface area (Å²) in [6.07, 6.45) is 1.03. The molecular weight excluding hydrogens is 158 g/mol. The first-order valence-electron chi connectivity index (χ1n) is 3.71. The molecule has 1 nitrogen and oxygen atoms in total. The SMILES string of the molecule is CCc1ccc(N)c(CCl)c1. The predicted octanol–water partition coefficient (Wildman–Crippen LogP) is 2.57. The van der Waals surface area contributed by atoms with Gasteiger partial charge in [-0.2, -0.15) is 0 Å². The van der Waals surface area contributed by atoms with Crippen LogP contribution in [0.4, 0.5) is 5.69 Å². The van der Waals surface area contributed by atoms with Crippen molar-refractivity contribution in [2.75, 3.05) is 5.73 Å². The van der Waals surface area contributed by atoms with Gasteiger partial charge in [-0.1, -0.05) is 19.1 Å². The molecule has 11 heavy (non-hydrogen) atoms. The minimum atomic E-state index is 0.500. The number of benzene rings is 1. The highest BCUT2D eigenvalue weighted by Crippen LogP contribution is 2.16. The molecule has 0 radical (unpaired) electrons. The second-order valence-electron chi connectivity index (χ2n) is 2.52. The van der Waals surface area contributed by atoms with E-state index in [1.807, 2.05) is 12.1 Å². The van der Waals surface area contributed by atoms with Gasteiger partial charge in [-0.3, -0.25) is 0 Å². The van der Waals surface area contributed by atoms with Crippen LogP contribution in [0.15, 0.2) is 18.2 Å². The Labute approximate surface area is 72.2 Å². The Hall–Kier alpha value is -0.690. The molecule has 2 heteroatoms. The van der Waals surface area contributed by atoms with E-state index >= 15 is 0 Å². The van der Waals surface area contributed by atoms with Gasteiger partial charge in [-0.05, 0) is 23.6 Å². The largest absolute Gasteiger partial charge is 0.398 e. The van der Waals surface area contributed by atoms with Crippen LogP contribution >= 0.6 is 11.6 Å². The topological polar surface area (TPSA) is 26.0 Å². The second kappa shape index (κ2) is 3.63. The van der Waals surface area contributed by atoms with Gasteiger partial charge in [-0.15, -0.1) is 11.6 Å². The first-order chi connectivity index (χ1) is 5.27. The van der Waals surface area contributed by atoms with E-state index in [0.717, 1.165) is 17.7 Å². The van der Waals surface area contributed by atoms with Gasteiger partial charge in [0.05, 0.1) is 0 Å². The van der Waals surface area contributed by atoms with Crippen molar-refractivity contribution in [1.82, 2.24) is 0 Å². The zero-order chi connectivity index (χ0) is 8.27. The Bertz CT molecular complexity index is 245. The molecule has 60 valence electrons. The van der Waals surface area contributed by atoms with Crippen molar-refractivity contribution in [1.29, 1.82) is 0 Å². The van der Waals surface area contributed by atoms with Gasteiger partial charge in [0.25, 0.3) is 0 Å². The zero-order valence-corrected chi connectivity index (χ0v) is 7.36. The molecule has 0 aliphatic carbocycles. The number of hydrogen-bond donors (Lipinski definition) is 1. The number of alkyl halides is 1. The lowest BCUT2D eigenvalue weighted by atomic mass is 10.1. The standard InChI is InChI=1S/C9H12ClN/c1-2-7-3-4-9(11)8(5-7)6-10/h3-5H,2,6,11H2,1H3. The summed E-state index contributed by atoms with van der Waals surface area (Å²) in [6, 6.07) is 6.00. The third kappa shape index (κ3) is 1.87. The molecule has 0 saturated heterocycles. The van der Waals surface area contributed by atoms with Crippen molar-refractivity contribution < 1.29 is 0 Å². The summed E-state index contributed by atoms with van der Waals surface area (Å²) >= 11 is 5.68. The molecule has 1 rings (SSSR count). The summed E-state index contributed by atoms with van der Waals surface area (Å²) in [5, 5.41) is 0. The summed E-state index contributed by atoms with van der Waals surface area (Å²) in [7, 11) is 0. The summed E-state index contributed by atoms with van der Waals surface area (Å²) in [5.74, 6) is 0.500. The van der Waals surface area contributed by atoms with Gasteiger partial charge < -0.3 is 5.73 Å². The minimum Gasteiger partial charge on any atom is -0.398 e. The average molecular weight is 170 g/mol. The highest BCUT2D eigenvalue weighted by molar-refractivity contribution is 6.17. The zero-order valence-electron chi connectivity index (χ0n) is 6.60. The molecule has 2 N–H and O–H groups in total. The molecule has 0 aliphatic rings. The van der Waals surface area contributed by atoms with E-state index in [1.165, 1.54) is 5.56 Å². The molecule has 0 atom stereocenters. The molecule has 0 amide bonds. The number of halogens is 1. The molecule has 0 heterocycles. The van der Waals surface area contributed by atoms with Crippen molar-refractivity contribution in [2.24, 2.45) is 0 Å². The highest BCUT2D eigenvalue weighted by Gasteiger charge is 1.97. The lowest BCUT2D eigenvalue weighted by Gasteiger charge is -2.03. The number of nitrogen functional groups attached to an aromatic ring is 1. The van der Waals surface area contributed by atoms with E-state index < -0.39 is 0 Å². The summed E-state index contributed by atoms with van der Waals surface area (Å²) < 4.78 is 0. The van der Waals surface area contributed by atoms with Crippen LogP contribution < -0.4 is 5.73 Å².